The third-order valence-corrected chi connectivity index (χ3v) is 6.35. The second-order valence-corrected chi connectivity index (χ2v) is 8.92. The van der Waals surface area contributed by atoms with Crippen molar-refractivity contribution in [3.8, 4) is 0 Å². The Balaban J connectivity index is 1.33. The van der Waals surface area contributed by atoms with E-state index in [1.165, 1.54) is 0 Å². The lowest BCUT2D eigenvalue weighted by Crippen LogP contribution is -2.33. The zero-order chi connectivity index (χ0) is 21.1. The topological polar surface area (TPSA) is 69.7 Å². The van der Waals surface area contributed by atoms with E-state index < -0.39 is 0 Å². The van der Waals surface area contributed by atoms with Crippen LogP contribution in [0.5, 0.6) is 0 Å². The number of rotatable bonds is 6. The summed E-state index contributed by atoms with van der Waals surface area (Å²) in [5.41, 5.74) is 3.66. The van der Waals surface area contributed by atoms with Crippen LogP contribution in [0.25, 0.3) is 0 Å². The minimum Gasteiger partial charge on any atom is -0.326 e. The number of hydrogen-bond donors (Lipinski definition) is 1. The quantitative estimate of drug-likeness (QED) is 0.723. The summed E-state index contributed by atoms with van der Waals surface area (Å²) in [6.07, 6.45) is 0.0675. The summed E-state index contributed by atoms with van der Waals surface area (Å²) in [5, 5.41) is 2.89. The highest BCUT2D eigenvalue weighted by Gasteiger charge is 2.35. The van der Waals surface area contributed by atoms with Crippen molar-refractivity contribution in [1.29, 1.82) is 0 Å². The second kappa shape index (κ2) is 9.02. The first-order valence-corrected chi connectivity index (χ1v) is 11.3. The van der Waals surface area contributed by atoms with Crippen molar-refractivity contribution in [3.05, 3.63) is 64.7 Å². The van der Waals surface area contributed by atoms with E-state index in [0.29, 0.717) is 11.1 Å². The fourth-order valence-electron chi connectivity index (χ4n) is 3.81. The van der Waals surface area contributed by atoms with Gasteiger partial charge in [0, 0.05) is 49.8 Å². The van der Waals surface area contributed by atoms with E-state index in [4.69, 9.17) is 0 Å². The number of thioether (sulfide) groups is 1. The Bertz CT molecular complexity index is 985. The molecule has 1 fully saturated rings. The van der Waals surface area contributed by atoms with Gasteiger partial charge < -0.3 is 5.32 Å². The maximum atomic E-state index is 12.5. The van der Waals surface area contributed by atoms with Gasteiger partial charge in [-0.3, -0.25) is 24.2 Å². The number of aryl methyl sites for hydroxylation is 1. The van der Waals surface area contributed by atoms with Crippen molar-refractivity contribution in [1.82, 2.24) is 9.80 Å². The second-order valence-electron chi connectivity index (χ2n) is 7.70. The van der Waals surface area contributed by atoms with E-state index in [2.05, 4.69) is 16.3 Å². The Labute approximate surface area is 180 Å². The molecule has 7 heteroatoms. The third kappa shape index (κ3) is 4.57. The molecule has 0 aromatic heterocycles. The van der Waals surface area contributed by atoms with Gasteiger partial charge in [-0.25, -0.2) is 0 Å². The summed E-state index contributed by atoms with van der Waals surface area (Å²) in [6, 6.07) is 13.1. The summed E-state index contributed by atoms with van der Waals surface area (Å²) >= 11 is 1.98. The molecular formula is C23H25N3O3S. The van der Waals surface area contributed by atoms with Crippen LogP contribution in [0.2, 0.25) is 0 Å². The minimum absolute atomic E-state index is 0.0675. The zero-order valence-electron chi connectivity index (χ0n) is 17.0. The molecule has 0 saturated carbocycles. The maximum Gasteiger partial charge on any atom is 0.261 e. The number of imide groups is 1. The lowest BCUT2D eigenvalue weighted by Gasteiger charge is -2.26. The van der Waals surface area contributed by atoms with Gasteiger partial charge in [-0.2, -0.15) is 11.8 Å². The summed E-state index contributed by atoms with van der Waals surface area (Å²) < 4.78 is 0. The largest absolute Gasteiger partial charge is 0.326 e. The predicted molar refractivity (Wildman–Crippen MR) is 119 cm³/mol. The number of anilines is 1. The monoisotopic (exact) mass is 423 g/mol. The summed E-state index contributed by atoms with van der Waals surface area (Å²) in [6.45, 7) is 5.00. The van der Waals surface area contributed by atoms with Crippen molar-refractivity contribution in [2.24, 2.45) is 0 Å². The highest BCUT2D eigenvalue weighted by Crippen LogP contribution is 2.24. The maximum absolute atomic E-state index is 12.5. The Kier molecular flexibility index (Phi) is 6.20. The minimum atomic E-state index is -0.329. The molecule has 3 amide bonds. The summed E-state index contributed by atoms with van der Waals surface area (Å²) in [7, 11) is 0. The SMILES string of the molecule is Cc1ccc2c(c1)C(=O)N(CCC(=O)Nc1cccc(CN3CCSCC3)c1)C2=O. The average molecular weight is 424 g/mol. The van der Waals surface area contributed by atoms with Crippen LogP contribution in [-0.4, -0.2) is 58.7 Å². The fraction of sp³-hybridized carbons (Fsp3) is 0.348. The van der Waals surface area contributed by atoms with Gasteiger partial charge in [-0.1, -0.05) is 23.8 Å². The summed E-state index contributed by atoms with van der Waals surface area (Å²) in [4.78, 5) is 41.0. The Morgan fingerprint density at radius 2 is 1.80 bits per heavy atom. The number of fused-ring (bicyclic) bond motifs is 1. The Morgan fingerprint density at radius 1 is 1.03 bits per heavy atom. The molecule has 0 radical (unpaired) electrons. The molecule has 0 unspecified atom stereocenters. The summed E-state index contributed by atoms with van der Waals surface area (Å²) in [5.74, 6) is 1.45. The van der Waals surface area contributed by atoms with Crippen LogP contribution < -0.4 is 5.32 Å². The molecule has 2 aromatic carbocycles. The normalized spacial score (nSPS) is 16.6. The fourth-order valence-corrected chi connectivity index (χ4v) is 4.79. The van der Waals surface area contributed by atoms with Crippen molar-refractivity contribution < 1.29 is 14.4 Å². The van der Waals surface area contributed by atoms with E-state index in [0.717, 1.165) is 52.9 Å². The number of benzene rings is 2. The van der Waals surface area contributed by atoms with Gasteiger partial charge >= 0.3 is 0 Å². The zero-order valence-corrected chi connectivity index (χ0v) is 17.8. The first-order chi connectivity index (χ1) is 14.5. The number of carbonyl (C=O) groups is 3. The average Bonchev–Trinajstić information content (AvgIpc) is 2.97. The van der Waals surface area contributed by atoms with Crippen molar-refractivity contribution >= 4 is 35.2 Å². The van der Waals surface area contributed by atoms with Gasteiger partial charge in [-0.15, -0.1) is 0 Å². The van der Waals surface area contributed by atoms with Gasteiger partial charge in [0.2, 0.25) is 5.91 Å². The van der Waals surface area contributed by atoms with Crippen molar-refractivity contribution in [3.63, 3.8) is 0 Å². The molecule has 156 valence electrons. The molecule has 6 nitrogen and oxygen atoms in total. The van der Waals surface area contributed by atoms with E-state index >= 15 is 0 Å². The van der Waals surface area contributed by atoms with Gasteiger partial charge in [0.1, 0.15) is 0 Å². The molecule has 2 aliphatic rings. The molecule has 0 bridgehead atoms. The molecule has 0 spiro atoms. The van der Waals surface area contributed by atoms with Gasteiger partial charge in [0.05, 0.1) is 11.1 Å². The molecule has 1 saturated heterocycles. The van der Waals surface area contributed by atoms with Crippen LogP contribution in [0.1, 0.15) is 38.3 Å². The first kappa shape index (κ1) is 20.6. The van der Waals surface area contributed by atoms with Crippen LogP contribution in [0, 0.1) is 6.92 Å². The predicted octanol–water partition coefficient (Wildman–Crippen LogP) is 3.17. The van der Waals surface area contributed by atoms with Crippen LogP contribution in [0.3, 0.4) is 0 Å². The number of amides is 3. The number of nitrogens with one attached hydrogen (secondary N) is 1. The van der Waals surface area contributed by atoms with Crippen LogP contribution in [-0.2, 0) is 11.3 Å². The van der Waals surface area contributed by atoms with Crippen LogP contribution in [0.15, 0.2) is 42.5 Å². The van der Waals surface area contributed by atoms with Crippen molar-refractivity contribution in [2.75, 3.05) is 36.5 Å². The molecule has 0 atom stereocenters. The van der Waals surface area contributed by atoms with Gasteiger partial charge in [0.25, 0.3) is 11.8 Å². The lowest BCUT2D eigenvalue weighted by molar-refractivity contribution is -0.116. The Morgan fingerprint density at radius 3 is 2.60 bits per heavy atom. The number of nitrogens with zero attached hydrogens (tertiary/aromatic N) is 2. The molecular weight excluding hydrogens is 398 g/mol. The Hall–Kier alpha value is -2.64. The standard InChI is InChI=1S/C23H25N3O3S/c1-16-5-6-19-20(13-16)23(29)26(22(19)28)8-7-21(27)24-18-4-2-3-17(14-18)15-25-9-11-30-12-10-25/h2-6,13-14H,7-12,15H2,1H3,(H,24,27). The number of hydrogen-bond acceptors (Lipinski definition) is 5. The number of carbonyl (C=O) groups excluding carboxylic acids is 3. The third-order valence-electron chi connectivity index (χ3n) is 5.41. The van der Waals surface area contributed by atoms with Crippen molar-refractivity contribution in [2.45, 2.75) is 19.9 Å². The molecule has 2 aromatic rings. The molecule has 0 aliphatic carbocycles. The van der Waals surface area contributed by atoms with E-state index in [-0.39, 0.29) is 30.7 Å². The highest BCUT2D eigenvalue weighted by molar-refractivity contribution is 7.99. The van der Waals surface area contributed by atoms with Gasteiger partial charge in [0.15, 0.2) is 0 Å². The first-order valence-electron chi connectivity index (χ1n) is 10.2. The molecule has 2 aliphatic heterocycles. The van der Waals surface area contributed by atoms with E-state index in [1.54, 1.807) is 12.1 Å². The highest BCUT2D eigenvalue weighted by atomic mass is 32.2. The molecule has 2 heterocycles. The van der Waals surface area contributed by atoms with Crippen LogP contribution in [0.4, 0.5) is 5.69 Å². The lowest BCUT2D eigenvalue weighted by atomic mass is 10.1. The molecule has 4 rings (SSSR count). The van der Waals surface area contributed by atoms with Crippen LogP contribution >= 0.6 is 11.8 Å². The van der Waals surface area contributed by atoms with Gasteiger partial charge in [-0.05, 0) is 36.8 Å². The molecule has 30 heavy (non-hydrogen) atoms. The molecule has 1 N–H and O–H groups in total. The smallest absolute Gasteiger partial charge is 0.261 e. The van der Waals surface area contributed by atoms with E-state index in [1.807, 2.05) is 43.0 Å². The van der Waals surface area contributed by atoms with E-state index in [9.17, 15) is 14.4 Å².